The molecule has 3 rings (SSSR count). The number of nitro groups is 1. The van der Waals surface area contributed by atoms with E-state index in [1.165, 1.54) is 0 Å². The van der Waals surface area contributed by atoms with E-state index in [-0.39, 0.29) is 0 Å². The minimum atomic E-state index is -4.54. The first-order valence-corrected chi connectivity index (χ1v) is 6.75. The average molecular weight is 307 g/mol. The van der Waals surface area contributed by atoms with Crippen molar-refractivity contribution in [2.75, 3.05) is 0 Å². The lowest BCUT2D eigenvalue weighted by atomic mass is 10.0. The van der Waals surface area contributed by atoms with Crippen LogP contribution in [0.3, 0.4) is 0 Å². The zero-order valence-corrected chi connectivity index (χ0v) is 11.3. The fourth-order valence-electron chi connectivity index (χ4n) is 2.89. The number of halogens is 3. The first-order valence-electron chi connectivity index (χ1n) is 6.75. The van der Waals surface area contributed by atoms with Crippen molar-refractivity contribution in [3.8, 4) is 11.1 Å². The lowest BCUT2D eigenvalue weighted by Crippen LogP contribution is -2.17. The molecule has 22 heavy (non-hydrogen) atoms. The van der Waals surface area contributed by atoms with Crippen LogP contribution in [0.5, 0.6) is 0 Å². The maximum Gasteiger partial charge on any atom is 0.399 e. The molecule has 114 valence electrons. The molecule has 0 saturated heterocycles. The summed E-state index contributed by atoms with van der Waals surface area (Å²) >= 11 is 0. The van der Waals surface area contributed by atoms with Crippen LogP contribution in [0.2, 0.25) is 0 Å². The van der Waals surface area contributed by atoms with Crippen molar-refractivity contribution in [2.24, 2.45) is 5.92 Å². The molecule has 2 aromatic carbocycles. The number of rotatable bonds is 3. The lowest BCUT2D eigenvalue weighted by molar-refractivity contribution is -0.503. The summed E-state index contributed by atoms with van der Waals surface area (Å²) in [6.45, 7) is 0. The second-order valence-corrected chi connectivity index (χ2v) is 5.36. The molecule has 1 aliphatic carbocycles. The third-order valence-electron chi connectivity index (χ3n) is 4.01. The van der Waals surface area contributed by atoms with Gasteiger partial charge in [-0.2, -0.15) is 13.2 Å². The molecule has 0 radical (unpaired) electrons. The van der Waals surface area contributed by atoms with Crippen LogP contribution >= 0.6 is 0 Å². The van der Waals surface area contributed by atoms with Crippen molar-refractivity contribution in [1.82, 2.24) is 0 Å². The minimum Gasteiger partial charge on any atom is -0.264 e. The highest BCUT2D eigenvalue weighted by Crippen LogP contribution is 2.57. The first kappa shape index (κ1) is 14.6. The van der Waals surface area contributed by atoms with Gasteiger partial charge >= 0.3 is 6.18 Å². The summed E-state index contributed by atoms with van der Waals surface area (Å²) in [5.74, 6) is -2.97. The van der Waals surface area contributed by atoms with E-state index >= 15 is 0 Å². The average Bonchev–Trinajstić information content (AvgIpc) is 3.24. The van der Waals surface area contributed by atoms with Gasteiger partial charge in [-0.25, -0.2) is 0 Å². The number of nitrogens with zero attached hydrogens (tertiary/aromatic N) is 1. The molecule has 3 atom stereocenters. The molecule has 0 aliphatic heterocycles. The molecule has 1 aliphatic rings. The molecular weight excluding hydrogens is 295 g/mol. The Hall–Kier alpha value is -2.37. The predicted molar refractivity (Wildman–Crippen MR) is 74.9 cm³/mol. The first-order chi connectivity index (χ1) is 10.4. The molecule has 2 aromatic rings. The summed E-state index contributed by atoms with van der Waals surface area (Å²) in [6, 6.07) is 14.3. The van der Waals surface area contributed by atoms with Gasteiger partial charge in [0.15, 0.2) is 0 Å². The van der Waals surface area contributed by atoms with E-state index in [1.807, 2.05) is 30.3 Å². The van der Waals surface area contributed by atoms with Gasteiger partial charge in [0.1, 0.15) is 5.92 Å². The maximum atomic E-state index is 12.8. The summed E-state index contributed by atoms with van der Waals surface area (Å²) in [7, 11) is 0. The van der Waals surface area contributed by atoms with Crippen molar-refractivity contribution in [3.63, 3.8) is 0 Å². The number of alkyl halides is 3. The van der Waals surface area contributed by atoms with E-state index < -0.39 is 29.0 Å². The molecule has 1 saturated carbocycles. The molecule has 0 amide bonds. The Morgan fingerprint density at radius 2 is 1.45 bits per heavy atom. The molecule has 3 nitrogen and oxygen atoms in total. The van der Waals surface area contributed by atoms with E-state index in [9.17, 15) is 23.3 Å². The molecule has 0 heterocycles. The molecule has 0 spiro atoms. The Morgan fingerprint density at radius 3 is 1.91 bits per heavy atom. The van der Waals surface area contributed by atoms with E-state index in [2.05, 4.69) is 0 Å². The summed E-state index contributed by atoms with van der Waals surface area (Å²) in [5.41, 5.74) is 2.18. The minimum absolute atomic E-state index is 0.365. The van der Waals surface area contributed by atoms with Crippen molar-refractivity contribution in [1.29, 1.82) is 0 Å². The lowest BCUT2D eigenvalue weighted by Gasteiger charge is -2.05. The Labute approximate surface area is 124 Å². The number of hydrogen-bond donors (Lipinski definition) is 0. The molecule has 0 aromatic heterocycles. The quantitative estimate of drug-likeness (QED) is 0.627. The third-order valence-corrected chi connectivity index (χ3v) is 4.01. The van der Waals surface area contributed by atoms with Gasteiger partial charge in [-0.15, -0.1) is 0 Å². The normalized spacial score (nSPS) is 24.0. The molecule has 0 unspecified atom stereocenters. The summed E-state index contributed by atoms with van der Waals surface area (Å²) < 4.78 is 38.5. The van der Waals surface area contributed by atoms with E-state index in [0.29, 0.717) is 5.56 Å². The fraction of sp³-hybridized carbons (Fsp3) is 0.250. The zero-order valence-electron chi connectivity index (χ0n) is 11.3. The van der Waals surface area contributed by atoms with Crippen molar-refractivity contribution < 1.29 is 18.1 Å². The monoisotopic (exact) mass is 307 g/mol. The van der Waals surface area contributed by atoms with Crippen LogP contribution in [-0.2, 0) is 0 Å². The van der Waals surface area contributed by atoms with Crippen LogP contribution in [0, 0.1) is 16.0 Å². The molecular formula is C16H12F3NO2. The van der Waals surface area contributed by atoms with Gasteiger partial charge in [0, 0.05) is 4.92 Å². The highest BCUT2D eigenvalue weighted by molar-refractivity contribution is 5.63. The highest BCUT2D eigenvalue weighted by Gasteiger charge is 2.72. The summed E-state index contributed by atoms with van der Waals surface area (Å²) in [4.78, 5) is 9.97. The van der Waals surface area contributed by atoms with Crippen molar-refractivity contribution in [2.45, 2.75) is 18.1 Å². The maximum absolute atomic E-state index is 12.8. The van der Waals surface area contributed by atoms with Gasteiger partial charge in [0.05, 0.1) is 5.92 Å². The van der Waals surface area contributed by atoms with Crippen LogP contribution in [0.15, 0.2) is 54.6 Å². The van der Waals surface area contributed by atoms with Crippen molar-refractivity contribution >= 4 is 0 Å². The molecule has 1 fully saturated rings. The summed E-state index contributed by atoms with van der Waals surface area (Å²) in [6.07, 6.45) is -4.54. The van der Waals surface area contributed by atoms with Crippen LogP contribution in [-0.4, -0.2) is 17.1 Å². The predicted octanol–water partition coefficient (Wildman–Crippen LogP) is 4.27. The van der Waals surface area contributed by atoms with Gasteiger partial charge in [0.2, 0.25) is 6.04 Å². The van der Waals surface area contributed by atoms with Gasteiger partial charge in [-0.05, 0) is 16.7 Å². The second-order valence-electron chi connectivity index (χ2n) is 5.36. The Kier molecular flexibility index (Phi) is 3.39. The van der Waals surface area contributed by atoms with Gasteiger partial charge < -0.3 is 0 Å². The Morgan fingerprint density at radius 1 is 0.909 bits per heavy atom. The zero-order chi connectivity index (χ0) is 15.9. The molecule has 6 heteroatoms. The topological polar surface area (TPSA) is 43.1 Å². The van der Waals surface area contributed by atoms with Gasteiger partial charge in [-0.3, -0.25) is 10.1 Å². The van der Waals surface area contributed by atoms with Gasteiger partial charge in [0.25, 0.3) is 0 Å². The van der Waals surface area contributed by atoms with E-state index in [4.69, 9.17) is 0 Å². The molecule has 0 N–H and O–H groups in total. The van der Waals surface area contributed by atoms with Crippen LogP contribution < -0.4 is 0 Å². The third kappa shape index (κ3) is 2.56. The number of hydrogen-bond acceptors (Lipinski definition) is 2. The SMILES string of the molecule is O=[N+]([O-])[C@@H]1[C@@H](c2ccc(-c3ccccc3)cc2)[C@H]1C(F)(F)F. The van der Waals surface area contributed by atoms with Crippen LogP contribution in [0.1, 0.15) is 11.5 Å². The van der Waals surface area contributed by atoms with E-state index in [0.717, 1.165) is 11.1 Å². The second kappa shape index (κ2) is 5.12. The van der Waals surface area contributed by atoms with Crippen LogP contribution in [0.25, 0.3) is 11.1 Å². The smallest absolute Gasteiger partial charge is 0.264 e. The standard InChI is InChI=1S/C16H12F3NO2/c17-16(18,19)14-13(15(14)20(21)22)12-8-6-11(7-9-12)10-4-2-1-3-5-10/h1-9,13-15H/t13-,14+,15+/m0/s1. The highest BCUT2D eigenvalue weighted by atomic mass is 19.4. The van der Waals surface area contributed by atoms with Gasteiger partial charge in [-0.1, -0.05) is 54.6 Å². The summed E-state index contributed by atoms with van der Waals surface area (Å²) in [5, 5.41) is 10.8. The van der Waals surface area contributed by atoms with E-state index in [1.54, 1.807) is 24.3 Å². The molecule has 0 bridgehead atoms. The van der Waals surface area contributed by atoms with Crippen molar-refractivity contribution in [3.05, 3.63) is 70.3 Å². The Bertz CT molecular complexity index is 683. The number of benzene rings is 2. The van der Waals surface area contributed by atoms with Crippen LogP contribution in [0.4, 0.5) is 13.2 Å². The Balaban J connectivity index is 1.86. The largest absolute Gasteiger partial charge is 0.399 e. The fourth-order valence-corrected chi connectivity index (χ4v) is 2.89.